The van der Waals surface area contributed by atoms with E-state index in [-0.39, 0.29) is 23.9 Å². The molecule has 9 nitrogen and oxygen atoms in total. The second-order valence-electron chi connectivity index (χ2n) is 7.96. The van der Waals surface area contributed by atoms with E-state index in [1.807, 2.05) is 35.2 Å². The first-order chi connectivity index (χ1) is 15.4. The number of fused-ring (bicyclic) bond motifs is 1. The van der Waals surface area contributed by atoms with Crippen LogP contribution in [0.25, 0.3) is 10.9 Å². The predicted molar refractivity (Wildman–Crippen MR) is 122 cm³/mol. The van der Waals surface area contributed by atoms with Crippen LogP contribution in [0.1, 0.15) is 22.5 Å². The number of benzene rings is 2. The first-order valence-corrected chi connectivity index (χ1v) is 10.5. The van der Waals surface area contributed by atoms with Crippen molar-refractivity contribution in [2.24, 2.45) is 0 Å². The van der Waals surface area contributed by atoms with Gasteiger partial charge in [-0.15, -0.1) is 0 Å². The molecule has 9 heteroatoms. The summed E-state index contributed by atoms with van der Waals surface area (Å²) in [6.45, 7) is 4.93. The van der Waals surface area contributed by atoms with Crippen molar-refractivity contribution in [3.63, 3.8) is 0 Å². The Morgan fingerprint density at radius 2 is 1.84 bits per heavy atom. The lowest BCUT2D eigenvalue weighted by Crippen LogP contribution is -2.49. The molecule has 0 bridgehead atoms. The van der Waals surface area contributed by atoms with Crippen LogP contribution in [0.15, 0.2) is 48.5 Å². The van der Waals surface area contributed by atoms with E-state index in [1.54, 1.807) is 13.0 Å². The van der Waals surface area contributed by atoms with Gasteiger partial charge in [-0.25, -0.2) is 0 Å². The molecule has 0 spiro atoms. The Balaban J connectivity index is 1.26. The maximum absolute atomic E-state index is 12.8. The van der Waals surface area contributed by atoms with E-state index in [4.69, 9.17) is 0 Å². The second kappa shape index (κ2) is 9.19. The number of H-pyrrole nitrogens is 1. The number of aromatic nitrogens is 1. The fourth-order valence-corrected chi connectivity index (χ4v) is 3.86. The summed E-state index contributed by atoms with van der Waals surface area (Å²) in [7, 11) is 0. The van der Waals surface area contributed by atoms with Gasteiger partial charge >= 0.3 is 0 Å². The van der Waals surface area contributed by atoms with Crippen molar-refractivity contribution in [3.8, 4) is 0 Å². The molecule has 1 saturated heterocycles. The molecule has 2 amide bonds. The Morgan fingerprint density at radius 3 is 2.56 bits per heavy atom. The lowest BCUT2D eigenvalue weighted by atomic mass is 10.1. The first kappa shape index (κ1) is 21.5. The minimum atomic E-state index is -0.480. The predicted octanol–water partition coefficient (Wildman–Crippen LogP) is 3.17. The van der Waals surface area contributed by atoms with E-state index < -0.39 is 4.92 Å². The maximum atomic E-state index is 12.8. The zero-order valence-electron chi connectivity index (χ0n) is 17.8. The number of piperazine rings is 1. The number of hydrogen-bond donors (Lipinski definition) is 2. The number of carbonyl (C=O) groups is 2. The van der Waals surface area contributed by atoms with Gasteiger partial charge in [0.25, 0.3) is 11.6 Å². The van der Waals surface area contributed by atoms with Gasteiger partial charge in [-0.05, 0) is 24.6 Å². The molecule has 0 unspecified atom stereocenters. The molecule has 1 aromatic heterocycles. The third-order valence-electron chi connectivity index (χ3n) is 5.78. The SMILES string of the molecule is Cc1ccc([N+](=O)[O-])cc1NC(=O)CCN1CCN(C(=O)c2cc3ccccc3[nH]2)CC1. The summed E-state index contributed by atoms with van der Waals surface area (Å²) >= 11 is 0. The summed E-state index contributed by atoms with van der Waals surface area (Å²) in [4.78, 5) is 42.8. The summed E-state index contributed by atoms with van der Waals surface area (Å²) in [5.74, 6) is -0.204. The van der Waals surface area contributed by atoms with Crippen LogP contribution in [0.5, 0.6) is 0 Å². The number of para-hydroxylation sites is 1. The van der Waals surface area contributed by atoms with Gasteiger partial charge in [0.05, 0.1) is 10.6 Å². The number of hydrogen-bond acceptors (Lipinski definition) is 5. The van der Waals surface area contributed by atoms with Crippen molar-refractivity contribution in [1.82, 2.24) is 14.8 Å². The van der Waals surface area contributed by atoms with Crippen molar-refractivity contribution >= 4 is 34.1 Å². The number of nitro benzene ring substituents is 1. The second-order valence-corrected chi connectivity index (χ2v) is 7.96. The van der Waals surface area contributed by atoms with Crippen LogP contribution < -0.4 is 5.32 Å². The van der Waals surface area contributed by atoms with E-state index in [0.29, 0.717) is 44.1 Å². The molecule has 0 atom stereocenters. The lowest BCUT2D eigenvalue weighted by molar-refractivity contribution is -0.384. The van der Waals surface area contributed by atoms with Crippen LogP contribution in [0.3, 0.4) is 0 Å². The number of rotatable bonds is 6. The molecule has 0 saturated carbocycles. The average Bonchev–Trinajstić information content (AvgIpc) is 3.23. The van der Waals surface area contributed by atoms with E-state index >= 15 is 0 Å². The van der Waals surface area contributed by atoms with Crippen molar-refractivity contribution in [2.75, 3.05) is 38.0 Å². The van der Waals surface area contributed by atoms with Crippen molar-refractivity contribution in [1.29, 1.82) is 0 Å². The number of aromatic amines is 1. The molecule has 1 aliphatic heterocycles. The Hall–Kier alpha value is -3.72. The number of nitro groups is 1. The van der Waals surface area contributed by atoms with Crippen molar-refractivity contribution in [2.45, 2.75) is 13.3 Å². The summed E-state index contributed by atoms with van der Waals surface area (Å²) in [5, 5.41) is 14.7. The molecule has 1 fully saturated rings. The van der Waals surface area contributed by atoms with Crippen LogP contribution in [0.4, 0.5) is 11.4 Å². The number of nitrogens with one attached hydrogen (secondary N) is 2. The number of non-ortho nitro benzene ring substituents is 1. The summed E-state index contributed by atoms with van der Waals surface area (Å²) in [5.41, 5.74) is 2.71. The fourth-order valence-electron chi connectivity index (χ4n) is 3.86. The third kappa shape index (κ3) is 4.78. The molecule has 2 N–H and O–H groups in total. The van der Waals surface area contributed by atoms with Crippen LogP contribution in [0, 0.1) is 17.0 Å². The number of aryl methyl sites for hydroxylation is 1. The molecule has 4 rings (SSSR count). The lowest BCUT2D eigenvalue weighted by Gasteiger charge is -2.34. The van der Waals surface area contributed by atoms with E-state index in [9.17, 15) is 19.7 Å². The van der Waals surface area contributed by atoms with Crippen LogP contribution >= 0.6 is 0 Å². The first-order valence-electron chi connectivity index (χ1n) is 10.5. The molecule has 166 valence electrons. The fraction of sp³-hybridized carbons (Fsp3) is 0.304. The van der Waals surface area contributed by atoms with Gasteiger partial charge < -0.3 is 15.2 Å². The van der Waals surface area contributed by atoms with Gasteiger partial charge in [0.15, 0.2) is 0 Å². The summed E-state index contributed by atoms with van der Waals surface area (Å²) < 4.78 is 0. The molecule has 0 aliphatic carbocycles. The third-order valence-corrected chi connectivity index (χ3v) is 5.78. The minimum Gasteiger partial charge on any atom is -0.351 e. The number of anilines is 1. The van der Waals surface area contributed by atoms with E-state index in [0.717, 1.165) is 16.5 Å². The Bertz CT molecular complexity index is 1130. The van der Waals surface area contributed by atoms with Crippen LogP contribution in [0.2, 0.25) is 0 Å². The molecule has 3 aromatic rings. The van der Waals surface area contributed by atoms with Gasteiger partial charge in [-0.3, -0.25) is 24.6 Å². The van der Waals surface area contributed by atoms with Gasteiger partial charge in [0.1, 0.15) is 5.69 Å². The van der Waals surface area contributed by atoms with Gasteiger partial charge in [0, 0.05) is 62.2 Å². The quantitative estimate of drug-likeness (QED) is 0.456. The Kier molecular flexibility index (Phi) is 6.18. The van der Waals surface area contributed by atoms with Gasteiger partial charge in [0.2, 0.25) is 5.91 Å². The number of carbonyl (C=O) groups excluding carboxylic acids is 2. The molecule has 0 radical (unpaired) electrons. The molecule has 2 heterocycles. The highest BCUT2D eigenvalue weighted by molar-refractivity contribution is 5.98. The highest BCUT2D eigenvalue weighted by Gasteiger charge is 2.23. The highest BCUT2D eigenvalue weighted by Crippen LogP contribution is 2.22. The van der Waals surface area contributed by atoms with E-state index in [1.165, 1.54) is 12.1 Å². The normalized spacial score (nSPS) is 14.5. The van der Waals surface area contributed by atoms with E-state index in [2.05, 4.69) is 15.2 Å². The van der Waals surface area contributed by atoms with Crippen molar-refractivity contribution < 1.29 is 14.5 Å². The maximum Gasteiger partial charge on any atom is 0.271 e. The monoisotopic (exact) mass is 435 g/mol. The smallest absolute Gasteiger partial charge is 0.271 e. The molecule has 2 aromatic carbocycles. The zero-order chi connectivity index (χ0) is 22.7. The zero-order valence-corrected chi connectivity index (χ0v) is 17.8. The number of nitrogens with zero attached hydrogens (tertiary/aromatic N) is 3. The summed E-state index contributed by atoms with van der Waals surface area (Å²) in [6, 6.07) is 14.1. The average molecular weight is 435 g/mol. The van der Waals surface area contributed by atoms with Crippen molar-refractivity contribution in [3.05, 3.63) is 69.9 Å². The Labute approximate surface area is 185 Å². The largest absolute Gasteiger partial charge is 0.351 e. The van der Waals surface area contributed by atoms with Gasteiger partial charge in [-0.1, -0.05) is 24.3 Å². The minimum absolute atomic E-state index is 0.0141. The molecule has 1 aliphatic rings. The van der Waals surface area contributed by atoms with Crippen LogP contribution in [-0.2, 0) is 4.79 Å². The molecular formula is C23H25N5O4. The highest BCUT2D eigenvalue weighted by atomic mass is 16.6. The number of amides is 2. The molecule has 32 heavy (non-hydrogen) atoms. The Morgan fingerprint density at radius 1 is 1.09 bits per heavy atom. The van der Waals surface area contributed by atoms with Gasteiger partial charge in [-0.2, -0.15) is 0 Å². The molecular weight excluding hydrogens is 410 g/mol. The summed E-state index contributed by atoms with van der Waals surface area (Å²) in [6.07, 6.45) is 0.276. The van der Waals surface area contributed by atoms with Crippen LogP contribution in [-0.4, -0.2) is 64.2 Å². The standard InChI is InChI=1S/C23H25N5O4/c1-16-6-7-18(28(31)32)15-20(16)25-22(29)8-9-26-10-12-27(13-11-26)23(30)21-14-17-4-2-3-5-19(17)24-21/h2-7,14-15,24H,8-13H2,1H3,(H,25,29). The topological polar surface area (TPSA) is 112 Å².